The third-order valence-corrected chi connectivity index (χ3v) is 2.56. The van der Waals surface area contributed by atoms with Crippen LogP contribution in [0.4, 0.5) is 0 Å². The fourth-order valence-corrected chi connectivity index (χ4v) is 1.67. The number of methoxy groups -OCH3 is 1. The molecule has 0 radical (unpaired) electrons. The summed E-state index contributed by atoms with van der Waals surface area (Å²) in [5, 5.41) is 18.7. The van der Waals surface area contributed by atoms with E-state index in [2.05, 4.69) is 0 Å². The summed E-state index contributed by atoms with van der Waals surface area (Å²) in [5.41, 5.74) is 0.701. The zero-order chi connectivity index (χ0) is 13.7. The topological polar surface area (TPSA) is 76.0 Å². The van der Waals surface area contributed by atoms with Gasteiger partial charge in [-0.3, -0.25) is 4.79 Å². The van der Waals surface area contributed by atoms with E-state index in [-0.39, 0.29) is 11.5 Å². The number of benzene rings is 1. The third kappa shape index (κ3) is 3.29. The number of phenolic OH excluding ortho intramolecular Hbond substituents is 1. The van der Waals surface area contributed by atoms with Crippen molar-refractivity contribution in [2.24, 2.45) is 5.92 Å². The van der Waals surface area contributed by atoms with Gasteiger partial charge in [-0.05, 0) is 31.0 Å². The fourth-order valence-electron chi connectivity index (χ4n) is 1.67. The number of aromatic hydroxyl groups is 1. The summed E-state index contributed by atoms with van der Waals surface area (Å²) in [6.45, 7) is 3.88. The quantitative estimate of drug-likeness (QED) is 0.812. The summed E-state index contributed by atoms with van der Waals surface area (Å²) < 4.78 is 10.4. The molecule has 5 heteroatoms. The van der Waals surface area contributed by atoms with Crippen LogP contribution in [0, 0.1) is 5.92 Å². The maximum atomic E-state index is 10.8. The fraction of sp³-hybridized carbons (Fsp3) is 0.462. The predicted molar refractivity (Wildman–Crippen MR) is 66.3 cm³/mol. The molecule has 1 atom stereocenters. The summed E-state index contributed by atoms with van der Waals surface area (Å²) >= 11 is 0. The number of hydrogen-bond acceptors (Lipinski definition) is 4. The zero-order valence-corrected chi connectivity index (χ0v) is 10.8. The molecule has 1 unspecified atom stereocenters. The van der Waals surface area contributed by atoms with Crippen LogP contribution >= 0.6 is 0 Å². The van der Waals surface area contributed by atoms with E-state index in [4.69, 9.17) is 14.6 Å². The maximum Gasteiger partial charge on any atom is 0.306 e. The van der Waals surface area contributed by atoms with E-state index in [0.29, 0.717) is 24.3 Å². The molecule has 100 valence electrons. The van der Waals surface area contributed by atoms with Crippen molar-refractivity contribution in [3.63, 3.8) is 0 Å². The van der Waals surface area contributed by atoms with Crippen LogP contribution in [0.3, 0.4) is 0 Å². The van der Waals surface area contributed by atoms with Crippen molar-refractivity contribution in [1.29, 1.82) is 0 Å². The van der Waals surface area contributed by atoms with Crippen LogP contribution in [0.2, 0.25) is 0 Å². The molecule has 0 aliphatic heterocycles. The van der Waals surface area contributed by atoms with Gasteiger partial charge >= 0.3 is 5.97 Å². The normalized spacial score (nSPS) is 11.9. The van der Waals surface area contributed by atoms with Gasteiger partial charge in [0, 0.05) is 0 Å². The van der Waals surface area contributed by atoms with Crippen LogP contribution in [0.15, 0.2) is 12.1 Å². The van der Waals surface area contributed by atoms with Crippen molar-refractivity contribution in [2.45, 2.75) is 20.3 Å². The highest BCUT2D eigenvalue weighted by molar-refractivity contribution is 5.70. The second-order valence-corrected chi connectivity index (χ2v) is 4.02. The lowest BCUT2D eigenvalue weighted by Crippen LogP contribution is -2.12. The molecule has 0 aromatic heterocycles. The molecular formula is C13H18O5. The molecule has 0 aliphatic rings. The highest BCUT2D eigenvalue weighted by Gasteiger charge is 2.16. The van der Waals surface area contributed by atoms with Gasteiger partial charge in [0.15, 0.2) is 11.5 Å². The van der Waals surface area contributed by atoms with Gasteiger partial charge in [0.25, 0.3) is 0 Å². The Hall–Kier alpha value is -1.91. The zero-order valence-electron chi connectivity index (χ0n) is 10.8. The van der Waals surface area contributed by atoms with Crippen LogP contribution in [0.5, 0.6) is 17.2 Å². The Labute approximate surface area is 106 Å². The first-order chi connectivity index (χ1) is 8.49. The van der Waals surface area contributed by atoms with Crippen molar-refractivity contribution in [3.8, 4) is 17.2 Å². The molecular weight excluding hydrogens is 236 g/mol. The van der Waals surface area contributed by atoms with E-state index < -0.39 is 11.9 Å². The summed E-state index contributed by atoms with van der Waals surface area (Å²) in [5.74, 6) is -0.747. The van der Waals surface area contributed by atoms with E-state index in [1.54, 1.807) is 13.0 Å². The van der Waals surface area contributed by atoms with Gasteiger partial charge in [0.05, 0.1) is 19.6 Å². The van der Waals surface area contributed by atoms with Crippen LogP contribution in [0.25, 0.3) is 0 Å². The number of carboxylic acid groups (broad SMARTS) is 1. The lowest BCUT2D eigenvalue weighted by Gasteiger charge is -2.14. The smallest absolute Gasteiger partial charge is 0.306 e. The van der Waals surface area contributed by atoms with Gasteiger partial charge in [-0.1, -0.05) is 6.92 Å². The first-order valence-corrected chi connectivity index (χ1v) is 5.75. The highest BCUT2D eigenvalue weighted by atomic mass is 16.5. The lowest BCUT2D eigenvalue weighted by molar-refractivity contribution is -0.141. The summed E-state index contributed by atoms with van der Waals surface area (Å²) in [6.07, 6.45) is 0.326. The summed E-state index contributed by atoms with van der Waals surface area (Å²) in [4.78, 5) is 10.8. The Morgan fingerprint density at radius 1 is 1.44 bits per heavy atom. The molecule has 0 bridgehead atoms. The summed E-state index contributed by atoms with van der Waals surface area (Å²) in [6, 6.07) is 3.20. The number of aliphatic carboxylic acids is 1. The van der Waals surface area contributed by atoms with Gasteiger partial charge in [0.1, 0.15) is 0 Å². The second-order valence-electron chi connectivity index (χ2n) is 4.02. The standard InChI is InChI=1S/C13H18O5/c1-4-18-11-7-9(5-8(2)13(15)16)6-10(14)12(11)17-3/h6-8,14H,4-5H2,1-3H3,(H,15,16). The Morgan fingerprint density at radius 2 is 2.11 bits per heavy atom. The van der Waals surface area contributed by atoms with Crippen molar-refractivity contribution in [2.75, 3.05) is 13.7 Å². The third-order valence-electron chi connectivity index (χ3n) is 2.56. The Balaban J connectivity index is 3.04. The Morgan fingerprint density at radius 3 is 2.61 bits per heavy atom. The van der Waals surface area contributed by atoms with Crippen LogP contribution in [-0.4, -0.2) is 29.9 Å². The molecule has 0 aliphatic carbocycles. The van der Waals surface area contributed by atoms with Crippen molar-refractivity contribution >= 4 is 5.97 Å². The van der Waals surface area contributed by atoms with E-state index >= 15 is 0 Å². The Kier molecular flexibility index (Phi) is 4.83. The number of hydrogen-bond donors (Lipinski definition) is 2. The Bertz CT molecular complexity index is 428. The van der Waals surface area contributed by atoms with Crippen LogP contribution < -0.4 is 9.47 Å². The van der Waals surface area contributed by atoms with Crippen LogP contribution in [-0.2, 0) is 11.2 Å². The first kappa shape index (κ1) is 14.2. The van der Waals surface area contributed by atoms with Gasteiger partial charge in [-0.25, -0.2) is 0 Å². The monoisotopic (exact) mass is 254 g/mol. The molecule has 0 fully saturated rings. The molecule has 0 spiro atoms. The molecule has 1 aromatic rings. The second kappa shape index (κ2) is 6.14. The molecule has 5 nitrogen and oxygen atoms in total. The van der Waals surface area contributed by atoms with Gasteiger partial charge in [0.2, 0.25) is 5.75 Å². The van der Waals surface area contributed by atoms with Gasteiger partial charge in [-0.2, -0.15) is 0 Å². The predicted octanol–water partition coefficient (Wildman–Crippen LogP) is 2.06. The van der Waals surface area contributed by atoms with E-state index in [1.165, 1.54) is 13.2 Å². The number of ether oxygens (including phenoxy) is 2. The average molecular weight is 254 g/mol. The van der Waals surface area contributed by atoms with Gasteiger partial charge < -0.3 is 19.7 Å². The molecule has 1 aromatic carbocycles. The lowest BCUT2D eigenvalue weighted by atomic mass is 10.0. The van der Waals surface area contributed by atoms with E-state index in [9.17, 15) is 9.90 Å². The summed E-state index contributed by atoms with van der Waals surface area (Å²) in [7, 11) is 1.44. The number of carbonyl (C=O) groups is 1. The molecule has 0 heterocycles. The SMILES string of the molecule is CCOc1cc(CC(C)C(=O)O)cc(O)c1OC. The number of rotatable bonds is 6. The molecule has 18 heavy (non-hydrogen) atoms. The molecule has 1 rings (SSSR count). The van der Waals surface area contributed by atoms with E-state index in [1.807, 2.05) is 6.92 Å². The maximum absolute atomic E-state index is 10.8. The van der Waals surface area contributed by atoms with Crippen LogP contribution in [0.1, 0.15) is 19.4 Å². The van der Waals surface area contributed by atoms with Crippen molar-refractivity contribution < 1.29 is 24.5 Å². The van der Waals surface area contributed by atoms with Gasteiger partial charge in [-0.15, -0.1) is 0 Å². The molecule has 0 amide bonds. The minimum atomic E-state index is -0.872. The largest absolute Gasteiger partial charge is 0.504 e. The minimum absolute atomic E-state index is 0.0453. The highest BCUT2D eigenvalue weighted by Crippen LogP contribution is 2.38. The molecule has 2 N–H and O–H groups in total. The number of carboxylic acids is 1. The van der Waals surface area contributed by atoms with Crippen molar-refractivity contribution in [3.05, 3.63) is 17.7 Å². The molecule has 0 saturated heterocycles. The van der Waals surface area contributed by atoms with E-state index in [0.717, 1.165) is 0 Å². The molecule has 0 saturated carbocycles. The number of phenols is 1. The average Bonchev–Trinajstić information content (AvgIpc) is 2.29. The first-order valence-electron chi connectivity index (χ1n) is 5.75. The van der Waals surface area contributed by atoms with Crippen molar-refractivity contribution in [1.82, 2.24) is 0 Å². The minimum Gasteiger partial charge on any atom is -0.504 e.